The minimum absolute atomic E-state index is 0.0171. The van der Waals surface area contributed by atoms with Crippen molar-refractivity contribution in [2.75, 3.05) is 30.4 Å². The van der Waals surface area contributed by atoms with Crippen LogP contribution in [0.1, 0.15) is 13.8 Å². The van der Waals surface area contributed by atoms with Crippen molar-refractivity contribution in [3.8, 4) is 0 Å². The summed E-state index contributed by atoms with van der Waals surface area (Å²) in [6.45, 7) is 4.24. The van der Waals surface area contributed by atoms with Crippen LogP contribution in [0.25, 0.3) is 0 Å². The lowest BCUT2D eigenvalue weighted by molar-refractivity contribution is -0.862. The number of amides is 2. The zero-order valence-electron chi connectivity index (χ0n) is 15.6. The van der Waals surface area contributed by atoms with Crippen LogP contribution < -0.4 is 15.1 Å². The van der Waals surface area contributed by atoms with E-state index in [1.165, 1.54) is 0 Å². The minimum Gasteiger partial charge on any atom is -0.322 e. The molecule has 0 radical (unpaired) electrons. The number of quaternary nitrogens is 1. The van der Waals surface area contributed by atoms with Gasteiger partial charge in [0.05, 0.1) is 22.8 Å². The third kappa shape index (κ3) is 5.96. The highest BCUT2D eigenvalue weighted by atomic mass is 35.5. The summed E-state index contributed by atoms with van der Waals surface area (Å²) in [6, 6.07) is 14.5. The van der Waals surface area contributed by atoms with Crippen molar-refractivity contribution < 1.29 is 14.5 Å². The molecule has 0 aliphatic carbocycles. The molecule has 2 rings (SSSR count). The van der Waals surface area contributed by atoms with Gasteiger partial charge in [-0.25, -0.2) is 0 Å². The highest BCUT2D eigenvalue weighted by Crippen LogP contribution is 2.29. The molecule has 27 heavy (non-hydrogen) atoms. The molecular weight excluding hydrogens is 385 g/mol. The number of hydrogen-bond acceptors (Lipinski definition) is 2. The number of nitrogens with zero attached hydrogens (tertiary/aromatic N) is 1. The first-order valence-electron chi connectivity index (χ1n) is 8.72. The molecule has 1 unspecified atom stereocenters. The number of halogens is 2. The quantitative estimate of drug-likeness (QED) is 0.739. The van der Waals surface area contributed by atoms with Crippen LogP contribution in [0, 0.1) is 0 Å². The molecule has 0 spiro atoms. The highest BCUT2D eigenvalue weighted by Gasteiger charge is 2.23. The van der Waals surface area contributed by atoms with Crippen LogP contribution in [0.5, 0.6) is 0 Å². The Balaban J connectivity index is 1.98. The zero-order valence-corrected chi connectivity index (χ0v) is 17.1. The Hall–Kier alpha value is -2.08. The van der Waals surface area contributed by atoms with E-state index in [9.17, 15) is 9.59 Å². The fourth-order valence-electron chi connectivity index (χ4n) is 2.80. The first-order valence-corrected chi connectivity index (χ1v) is 9.47. The van der Waals surface area contributed by atoms with Crippen LogP contribution in [-0.2, 0) is 9.59 Å². The average molecular weight is 409 g/mol. The van der Waals surface area contributed by atoms with E-state index in [0.717, 1.165) is 10.6 Å². The molecule has 2 N–H and O–H groups in total. The van der Waals surface area contributed by atoms with Crippen molar-refractivity contribution >= 4 is 46.4 Å². The SMILES string of the molecule is CC(C)N(C(=O)C[NH+](C)CC(=O)Nc1c(Cl)cccc1Cl)c1ccccc1. The van der Waals surface area contributed by atoms with E-state index in [1.54, 1.807) is 30.1 Å². The molecule has 2 aromatic carbocycles. The number of nitrogens with one attached hydrogen (secondary N) is 2. The molecule has 2 amide bonds. The highest BCUT2D eigenvalue weighted by molar-refractivity contribution is 6.39. The van der Waals surface area contributed by atoms with Gasteiger partial charge >= 0.3 is 0 Å². The van der Waals surface area contributed by atoms with Gasteiger partial charge < -0.3 is 15.1 Å². The van der Waals surface area contributed by atoms with Crippen LogP contribution in [-0.4, -0.2) is 38.0 Å². The molecule has 5 nitrogen and oxygen atoms in total. The van der Waals surface area contributed by atoms with E-state index >= 15 is 0 Å². The Morgan fingerprint density at radius 3 is 2.15 bits per heavy atom. The van der Waals surface area contributed by atoms with E-state index in [0.29, 0.717) is 15.7 Å². The van der Waals surface area contributed by atoms with Gasteiger partial charge in [-0.15, -0.1) is 0 Å². The maximum atomic E-state index is 12.8. The molecule has 0 saturated carbocycles. The Morgan fingerprint density at radius 2 is 1.59 bits per heavy atom. The van der Waals surface area contributed by atoms with Crippen molar-refractivity contribution in [3.63, 3.8) is 0 Å². The maximum absolute atomic E-state index is 12.8. The molecule has 7 heteroatoms. The smallest absolute Gasteiger partial charge is 0.282 e. The van der Waals surface area contributed by atoms with Crippen molar-refractivity contribution in [2.24, 2.45) is 0 Å². The van der Waals surface area contributed by atoms with Gasteiger partial charge in [-0.1, -0.05) is 47.5 Å². The monoisotopic (exact) mass is 408 g/mol. The Bertz CT molecular complexity index is 777. The van der Waals surface area contributed by atoms with Crippen LogP contribution in [0.3, 0.4) is 0 Å². The largest absolute Gasteiger partial charge is 0.322 e. The number of likely N-dealkylation sites (N-methyl/N-ethyl adjacent to an activating group) is 1. The first-order chi connectivity index (χ1) is 12.8. The van der Waals surface area contributed by atoms with Gasteiger partial charge in [0.2, 0.25) is 0 Å². The van der Waals surface area contributed by atoms with Gasteiger partial charge in [-0.3, -0.25) is 9.59 Å². The number of anilines is 2. The summed E-state index contributed by atoms with van der Waals surface area (Å²) in [5.41, 5.74) is 1.23. The number of benzene rings is 2. The molecule has 0 aliphatic rings. The van der Waals surface area contributed by atoms with Gasteiger partial charge in [-0.2, -0.15) is 0 Å². The predicted molar refractivity (Wildman–Crippen MR) is 111 cm³/mol. The van der Waals surface area contributed by atoms with Crippen LogP contribution >= 0.6 is 23.2 Å². The van der Waals surface area contributed by atoms with E-state index in [4.69, 9.17) is 23.2 Å². The topological polar surface area (TPSA) is 53.9 Å². The fraction of sp³-hybridized carbons (Fsp3) is 0.300. The fourth-order valence-corrected chi connectivity index (χ4v) is 3.29. The third-order valence-corrected chi connectivity index (χ3v) is 4.59. The maximum Gasteiger partial charge on any atom is 0.282 e. The van der Waals surface area contributed by atoms with Crippen molar-refractivity contribution in [2.45, 2.75) is 19.9 Å². The predicted octanol–water partition coefficient (Wildman–Crippen LogP) is 2.89. The second-order valence-corrected chi connectivity index (χ2v) is 7.46. The number of para-hydroxylation sites is 2. The molecule has 0 aromatic heterocycles. The second-order valence-electron chi connectivity index (χ2n) is 6.65. The van der Waals surface area contributed by atoms with Gasteiger partial charge in [0.1, 0.15) is 0 Å². The molecule has 2 aromatic rings. The number of hydrogen-bond donors (Lipinski definition) is 2. The van der Waals surface area contributed by atoms with Crippen molar-refractivity contribution in [1.82, 2.24) is 0 Å². The number of carbonyl (C=O) groups is 2. The second kappa shape index (κ2) is 9.74. The lowest BCUT2D eigenvalue weighted by Crippen LogP contribution is -3.11. The molecule has 0 heterocycles. The van der Waals surface area contributed by atoms with E-state index < -0.39 is 0 Å². The van der Waals surface area contributed by atoms with E-state index in [2.05, 4.69) is 5.32 Å². The van der Waals surface area contributed by atoms with Crippen molar-refractivity contribution in [3.05, 3.63) is 58.6 Å². The molecule has 144 valence electrons. The minimum atomic E-state index is -0.258. The first kappa shape index (κ1) is 21.2. The zero-order chi connectivity index (χ0) is 20.0. The number of carbonyl (C=O) groups excluding carboxylic acids is 2. The summed E-state index contributed by atoms with van der Waals surface area (Å²) in [5.74, 6) is -0.302. The van der Waals surface area contributed by atoms with E-state index in [-0.39, 0.29) is 30.9 Å². The van der Waals surface area contributed by atoms with Crippen molar-refractivity contribution in [1.29, 1.82) is 0 Å². The summed E-state index contributed by atoms with van der Waals surface area (Å²) in [4.78, 5) is 27.6. The molecule has 0 saturated heterocycles. The van der Waals surface area contributed by atoms with Gasteiger partial charge in [0, 0.05) is 11.7 Å². The standard InChI is InChI=1S/C20H23Cl2N3O2/c1-14(2)25(15-8-5-4-6-9-15)19(27)13-24(3)12-18(26)23-20-16(21)10-7-11-17(20)22/h4-11,14H,12-13H2,1-3H3,(H,23,26)/p+1. The Labute approximate surface area is 169 Å². The van der Waals surface area contributed by atoms with Crippen LogP contribution in [0.2, 0.25) is 10.0 Å². The molecule has 0 aliphatic heterocycles. The van der Waals surface area contributed by atoms with E-state index in [1.807, 2.05) is 44.2 Å². The van der Waals surface area contributed by atoms with Gasteiger partial charge in [0.25, 0.3) is 11.8 Å². The Kier molecular flexibility index (Phi) is 7.66. The van der Waals surface area contributed by atoms with Gasteiger partial charge in [0.15, 0.2) is 13.1 Å². The summed E-state index contributed by atoms with van der Waals surface area (Å²) < 4.78 is 0. The average Bonchev–Trinajstić information content (AvgIpc) is 2.58. The Morgan fingerprint density at radius 1 is 1.00 bits per heavy atom. The molecule has 1 atom stereocenters. The summed E-state index contributed by atoms with van der Waals surface area (Å²) in [6.07, 6.45) is 0. The third-order valence-electron chi connectivity index (χ3n) is 3.96. The van der Waals surface area contributed by atoms with Gasteiger partial charge in [-0.05, 0) is 38.1 Å². The lowest BCUT2D eigenvalue weighted by atomic mass is 10.2. The normalized spacial score (nSPS) is 11.9. The van der Waals surface area contributed by atoms with Crippen LogP contribution in [0.15, 0.2) is 48.5 Å². The summed E-state index contributed by atoms with van der Waals surface area (Å²) >= 11 is 12.1. The summed E-state index contributed by atoms with van der Waals surface area (Å²) in [7, 11) is 1.80. The number of rotatable bonds is 7. The summed E-state index contributed by atoms with van der Waals surface area (Å²) in [5, 5.41) is 3.47. The molecule has 0 bridgehead atoms. The molecule has 0 fully saturated rings. The van der Waals surface area contributed by atoms with Crippen LogP contribution in [0.4, 0.5) is 11.4 Å². The molecular formula is C20H24Cl2N3O2+. The lowest BCUT2D eigenvalue weighted by Gasteiger charge is -2.27.